The van der Waals surface area contributed by atoms with Gasteiger partial charge in [0.25, 0.3) is 0 Å². The lowest BCUT2D eigenvalue weighted by atomic mass is 10.3. The third-order valence-corrected chi connectivity index (χ3v) is 1.95. The molecule has 0 amide bonds. The van der Waals surface area contributed by atoms with Crippen LogP contribution in [0.2, 0.25) is 0 Å². The Morgan fingerprint density at radius 2 is 1.80 bits per heavy atom. The van der Waals surface area contributed by atoms with E-state index in [0.29, 0.717) is 19.0 Å². The van der Waals surface area contributed by atoms with Gasteiger partial charge in [-0.1, -0.05) is 13.3 Å². The van der Waals surface area contributed by atoms with Crippen LogP contribution in [0.1, 0.15) is 19.8 Å². The molecule has 0 aromatic heterocycles. The largest absolute Gasteiger partial charge is 0.491 e. The van der Waals surface area contributed by atoms with Crippen molar-refractivity contribution in [2.45, 2.75) is 19.8 Å². The molecular weight excluding hydrogens is 195 g/mol. The number of benzene rings is 1. The molecule has 0 aliphatic rings. The van der Waals surface area contributed by atoms with Crippen molar-refractivity contribution >= 4 is 0 Å². The highest BCUT2D eigenvalue weighted by Gasteiger charge is 1.94. The molecule has 0 heterocycles. The number of halogens is 1. The summed E-state index contributed by atoms with van der Waals surface area (Å²) in [5.41, 5.74) is 0. The molecule has 1 rings (SSSR count). The lowest BCUT2D eigenvalue weighted by molar-refractivity contribution is 0.0980. The topological polar surface area (TPSA) is 18.5 Å². The van der Waals surface area contributed by atoms with Gasteiger partial charge in [-0.25, -0.2) is 4.39 Å². The van der Waals surface area contributed by atoms with E-state index in [1.165, 1.54) is 12.1 Å². The van der Waals surface area contributed by atoms with Crippen LogP contribution >= 0.6 is 0 Å². The number of unbranched alkanes of at least 4 members (excludes halogenated alkanes) is 1. The smallest absolute Gasteiger partial charge is 0.123 e. The van der Waals surface area contributed by atoms with E-state index >= 15 is 0 Å². The number of hydrogen-bond donors (Lipinski definition) is 0. The molecule has 84 valence electrons. The van der Waals surface area contributed by atoms with Crippen molar-refractivity contribution in [1.82, 2.24) is 0 Å². The van der Waals surface area contributed by atoms with Gasteiger partial charge in [0.2, 0.25) is 0 Å². The fourth-order valence-electron chi connectivity index (χ4n) is 1.10. The van der Waals surface area contributed by atoms with Crippen molar-refractivity contribution in [2.75, 3.05) is 19.8 Å². The number of rotatable bonds is 7. The van der Waals surface area contributed by atoms with Crippen LogP contribution < -0.4 is 4.74 Å². The highest BCUT2D eigenvalue weighted by Crippen LogP contribution is 2.10. The van der Waals surface area contributed by atoms with Gasteiger partial charge in [-0.05, 0) is 30.7 Å². The minimum Gasteiger partial charge on any atom is -0.491 e. The van der Waals surface area contributed by atoms with Gasteiger partial charge in [0.05, 0.1) is 6.61 Å². The van der Waals surface area contributed by atoms with Gasteiger partial charge in [-0.3, -0.25) is 0 Å². The number of hydrogen-bond acceptors (Lipinski definition) is 2. The maximum atomic E-state index is 12.5. The minimum atomic E-state index is -0.249. The van der Waals surface area contributed by atoms with Crippen LogP contribution in [0.5, 0.6) is 5.75 Å². The number of ether oxygens (including phenoxy) is 2. The van der Waals surface area contributed by atoms with Crippen molar-refractivity contribution in [2.24, 2.45) is 0 Å². The van der Waals surface area contributed by atoms with E-state index in [-0.39, 0.29) is 5.82 Å². The summed E-state index contributed by atoms with van der Waals surface area (Å²) >= 11 is 0. The van der Waals surface area contributed by atoms with Crippen LogP contribution in [-0.2, 0) is 4.74 Å². The second-order valence-corrected chi connectivity index (χ2v) is 3.27. The molecule has 0 aliphatic heterocycles. The molecule has 0 unspecified atom stereocenters. The van der Waals surface area contributed by atoms with Gasteiger partial charge in [0.1, 0.15) is 18.2 Å². The summed E-state index contributed by atoms with van der Waals surface area (Å²) in [6.45, 7) is 3.99. The fourth-order valence-corrected chi connectivity index (χ4v) is 1.10. The van der Waals surface area contributed by atoms with Crippen molar-refractivity contribution in [3.63, 3.8) is 0 Å². The predicted molar refractivity (Wildman–Crippen MR) is 57.6 cm³/mol. The van der Waals surface area contributed by atoms with Crippen molar-refractivity contribution in [1.29, 1.82) is 0 Å². The normalized spacial score (nSPS) is 10.3. The average Bonchev–Trinajstić information content (AvgIpc) is 2.26. The molecule has 2 nitrogen and oxygen atoms in total. The molecule has 1 aromatic carbocycles. The van der Waals surface area contributed by atoms with E-state index in [9.17, 15) is 4.39 Å². The molecule has 0 atom stereocenters. The van der Waals surface area contributed by atoms with Gasteiger partial charge >= 0.3 is 0 Å². The van der Waals surface area contributed by atoms with Crippen molar-refractivity contribution in [3.05, 3.63) is 30.1 Å². The van der Waals surface area contributed by atoms with Crippen LogP contribution in [-0.4, -0.2) is 19.8 Å². The molecule has 0 saturated carbocycles. The van der Waals surface area contributed by atoms with Crippen molar-refractivity contribution < 1.29 is 13.9 Å². The highest BCUT2D eigenvalue weighted by atomic mass is 19.1. The average molecular weight is 212 g/mol. The van der Waals surface area contributed by atoms with Gasteiger partial charge in [-0.15, -0.1) is 0 Å². The zero-order chi connectivity index (χ0) is 10.9. The van der Waals surface area contributed by atoms with Gasteiger partial charge in [0.15, 0.2) is 0 Å². The maximum absolute atomic E-state index is 12.5. The lowest BCUT2D eigenvalue weighted by Gasteiger charge is -2.06. The Balaban J connectivity index is 2.07. The molecule has 1 aromatic rings. The molecule has 0 saturated heterocycles. The Hall–Kier alpha value is -1.09. The second-order valence-electron chi connectivity index (χ2n) is 3.27. The fraction of sp³-hybridized carbons (Fsp3) is 0.500. The molecule has 0 fully saturated rings. The predicted octanol–water partition coefficient (Wildman–Crippen LogP) is 3.02. The second kappa shape index (κ2) is 7.23. The first kappa shape index (κ1) is 12.0. The van der Waals surface area contributed by atoms with E-state index in [1.54, 1.807) is 12.1 Å². The van der Waals surface area contributed by atoms with Gasteiger partial charge in [-0.2, -0.15) is 0 Å². The van der Waals surface area contributed by atoms with E-state index < -0.39 is 0 Å². The summed E-state index contributed by atoms with van der Waals surface area (Å²) in [4.78, 5) is 0. The molecule has 0 aliphatic carbocycles. The van der Waals surface area contributed by atoms with Crippen LogP contribution in [0.4, 0.5) is 4.39 Å². The third-order valence-electron chi connectivity index (χ3n) is 1.95. The molecular formula is C12H17FO2. The van der Waals surface area contributed by atoms with Crippen LogP contribution in [0.15, 0.2) is 24.3 Å². The summed E-state index contributed by atoms with van der Waals surface area (Å²) in [5, 5.41) is 0. The highest BCUT2D eigenvalue weighted by molar-refractivity contribution is 5.21. The Bertz CT molecular complexity index is 259. The summed E-state index contributed by atoms with van der Waals surface area (Å²) in [6.07, 6.45) is 2.22. The van der Waals surface area contributed by atoms with E-state index in [1.807, 2.05) is 0 Å². The SMILES string of the molecule is CCCCOCCOc1ccc(F)cc1. The van der Waals surface area contributed by atoms with Crippen molar-refractivity contribution in [3.8, 4) is 5.75 Å². The van der Waals surface area contributed by atoms with E-state index in [4.69, 9.17) is 9.47 Å². The van der Waals surface area contributed by atoms with Gasteiger partial charge in [0, 0.05) is 6.61 Å². The first-order chi connectivity index (χ1) is 7.33. The van der Waals surface area contributed by atoms with Crippen LogP contribution in [0.25, 0.3) is 0 Å². The zero-order valence-electron chi connectivity index (χ0n) is 9.04. The standard InChI is InChI=1S/C12H17FO2/c1-2-3-8-14-9-10-15-12-6-4-11(13)5-7-12/h4-7H,2-3,8-10H2,1H3. The van der Waals surface area contributed by atoms with E-state index in [2.05, 4.69) is 6.92 Å². The van der Waals surface area contributed by atoms with Crippen LogP contribution in [0.3, 0.4) is 0 Å². The third kappa shape index (κ3) is 5.37. The Morgan fingerprint density at radius 3 is 2.47 bits per heavy atom. The summed E-state index contributed by atoms with van der Waals surface area (Å²) < 4.78 is 23.2. The quantitative estimate of drug-likeness (QED) is 0.647. The first-order valence-electron chi connectivity index (χ1n) is 5.29. The molecule has 15 heavy (non-hydrogen) atoms. The summed E-state index contributed by atoms with van der Waals surface area (Å²) in [7, 11) is 0. The minimum absolute atomic E-state index is 0.249. The maximum Gasteiger partial charge on any atom is 0.123 e. The summed E-state index contributed by atoms with van der Waals surface area (Å²) in [6, 6.07) is 5.99. The Morgan fingerprint density at radius 1 is 1.07 bits per heavy atom. The lowest BCUT2D eigenvalue weighted by Crippen LogP contribution is -2.07. The molecule has 0 N–H and O–H groups in total. The zero-order valence-corrected chi connectivity index (χ0v) is 9.04. The monoisotopic (exact) mass is 212 g/mol. The van der Waals surface area contributed by atoms with Gasteiger partial charge < -0.3 is 9.47 Å². The molecule has 0 radical (unpaired) electrons. The molecule has 3 heteroatoms. The first-order valence-corrected chi connectivity index (χ1v) is 5.29. The molecule has 0 spiro atoms. The van der Waals surface area contributed by atoms with Crippen LogP contribution in [0, 0.1) is 5.82 Å². The van der Waals surface area contributed by atoms with E-state index in [0.717, 1.165) is 19.4 Å². The summed E-state index contributed by atoms with van der Waals surface area (Å²) in [5.74, 6) is 0.428. The Labute approximate surface area is 90.0 Å². The Kier molecular flexibility index (Phi) is 5.78. The molecule has 0 bridgehead atoms.